The molecule has 0 aromatic heterocycles. The summed E-state index contributed by atoms with van der Waals surface area (Å²) in [6.45, 7) is -1.42. The molecule has 0 amide bonds. The molecular formula is C10H8Br3F2NO2S. The summed E-state index contributed by atoms with van der Waals surface area (Å²) < 4.78 is 50.0. The predicted molar refractivity (Wildman–Crippen MR) is 82.4 cm³/mol. The van der Waals surface area contributed by atoms with E-state index in [1.807, 2.05) is 0 Å². The van der Waals surface area contributed by atoms with Gasteiger partial charge in [-0.2, -0.15) is 8.78 Å². The van der Waals surface area contributed by atoms with Gasteiger partial charge in [0.1, 0.15) is 0 Å². The van der Waals surface area contributed by atoms with E-state index in [1.165, 1.54) is 12.1 Å². The van der Waals surface area contributed by atoms with Crippen molar-refractivity contribution < 1.29 is 17.2 Å². The van der Waals surface area contributed by atoms with Crippen LogP contribution in [0.5, 0.6) is 0 Å². The first-order chi connectivity index (χ1) is 8.67. The molecule has 9 heteroatoms. The summed E-state index contributed by atoms with van der Waals surface area (Å²) in [5, 5.41) is 0. The van der Waals surface area contributed by atoms with E-state index in [4.69, 9.17) is 0 Å². The Labute approximate surface area is 135 Å². The Morgan fingerprint density at radius 2 is 1.63 bits per heavy atom. The number of halogens is 5. The number of rotatable bonds is 4. The minimum atomic E-state index is -4.38. The minimum Gasteiger partial charge on any atom is -0.206 e. The third kappa shape index (κ3) is 3.99. The molecule has 1 rings (SSSR count). The first-order valence-corrected chi connectivity index (χ1v) is 8.60. The molecule has 0 heterocycles. The zero-order chi connectivity index (χ0) is 14.8. The molecule has 19 heavy (non-hydrogen) atoms. The summed E-state index contributed by atoms with van der Waals surface area (Å²) >= 11 is 8.52. The summed E-state index contributed by atoms with van der Waals surface area (Å²) in [6, 6.07) is 5.75. The molecule has 0 saturated carbocycles. The first kappa shape index (κ1) is 17.1. The van der Waals surface area contributed by atoms with Crippen LogP contribution in [0.4, 0.5) is 14.5 Å². The quantitative estimate of drug-likeness (QED) is 0.584. The van der Waals surface area contributed by atoms with Crippen molar-refractivity contribution in [2.75, 3.05) is 4.31 Å². The fraction of sp³-hybridized carbons (Fsp3) is 0.200. The highest BCUT2D eigenvalue weighted by molar-refractivity contribution is 9.29. The van der Waals surface area contributed by atoms with Crippen LogP contribution in [0.15, 0.2) is 31.5 Å². The molecular weight excluding hydrogens is 476 g/mol. The third-order valence-corrected chi connectivity index (χ3v) is 7.65. The Balaban J connectivity index is 3.38. The van der Waals surface area contributed by atoms with E-state index in [2.05, 4.69) is 47.8 Å². The lowest BCUT2D eigenvalue weighted by atomic mass is 10.2. The van der Waals surface area contributed by atoms with Gasteiger partial charge in [-0.25, -0.2) is 12.7 Å². The maximum atomic E-state index is 13.1. The number of anilines is 1. The standard InChI is InChI=1S/C10H8Br3F2NO2S/c1-6-2-4-7(5-3-6)16(10(14)15)19(17,18)9(13)8(11)12/h2-5,10H,1H3. The Hall–Kier alpha value is 0.01000. The van der Waals surface area contributed by atoms with E-state index in [1.54, 1.807) is 19.1 Å². The summed E-state index contributed by atoms with van der Waals surface area (Å²) in [6.07, 6.45) is 0. The second-order valence-electron chi connectivity index (χ2n) is 3.45. The molecule has 0 atom stereocenters. The van der Waals surface area contributed by atoms with E-state index < -0.39 is 20.4 Å². The molecule has 3 nitrogen and oxygen atoms in total. The molecule has 1 aromatic rings. The van der Waals surface area contributed by atoms with E-state index in [-0.39, 0.29) is 13.4 Å². The van der Waals surface area contributed by atoms with Crippen molar-refractivity contribution in [1.82, 2.24) is 0 Å². The predicted octanol–water partition coefficient (Wildman–Crippen LogP) is 4.67. The number of benzene rings is 1. The largest absolute Gasteiger partial charge is 0.328 e. The highest BCUT2D eigenvalue weighted by Gasteiger charge is 2.33. The maximum absolute atomic E-state index is 13.1. The van der Waals surface area contributed by atoms with Gasteiger partial charge in [0.15, 0.2) is 3.81 Å². The zero-order valence-corrected chi connectivity index (χ0v) is 15.0. The summed E-state index contributed by atoms with van der Waals surface area (Å²) in [7, 11) is -4.38. The molecule has 0 radical (unpaired) electrons. The van der Waals surface area contributed by atoms with Crippen LogP contribution in [0, 0.1) is 6.92 Å². The van der Waals surface area contributed by atoms with Gasteiger partial charge in [-0.05, 0) is 66.8 Å². The van der Waals surface area contributed by atoms with Gasteiger partial charge in [-0.1, -0.05) is 17.7 Å². The van der Waals surface area contributed by atoms with Gasteiger partial charge in [-0.15, -0.1) is 0 Å². The molecule has 0 fully saturated rings. The number of alkyl halides is 2. The second-order valence-corrected chi connectivity index (χ2v) is 9.17. The van der Waals surface area contributed by atoms with Crippen LogP contribution in [0.2, 0.25) is 0 Å². The summed E-state index contributed by atoms with van der Waals surface area (Å²) in [5.74, 6) is 0. The van der Waals surface area contributed by atoms with Crippen molar-refractivity contribution in [1.29, 1.82) is 0 Å². The molecule has 0 unspecified atom stereocenters. The zero-order valence-electron chi connectivity index (χ0n) is 9.45. The van der Waals surface area contributed by atoms with Gasteiger partial charge in [0.25, 0.3) is 10.0 Å². The van der Waals surface area contributed by atoms with Gasteiger partial charge >= 0.3 is 6.55 Å². The van der Waals surface area contributed by atoms with E-state index in [0.717, 1.165) is 5.56 Å². The highest BCUT2D eigenvalue weighted by Crippen LogP contribution is 2.34. The van der Waals surface area contributed by atoms with E-state index >= 15 is 0 Å². The van der Waals surface area contributed by atoms with Gasteiger partial charge in [-0.3, -0.25) is 0 Å². The van der Waals surface area contributed by atoms with Crippen molar-refractivity contribution >= 4 is 63.5 Å². The molecule has 0 aliphatic heterocycles. The van der Waals surface area contributed by atoms with Crippen LogP contribution in [0.25, 0.3) is 0 Å². The molecule has 0 bridgehead atoms. The summed E-state index contributed by atoms with van der Waals surface area (Å²) in [5.41, 5.74) is 0.727. The third-order valence-electron chi connectivity index (χ3n) is 2.10. The Morgan fingerprint density at radius 3 is 2.00 bits per heavy atom. The number of aryl methyl sites for hydroxylation is 1. The van der Waals surface area contributed by atoms with Crippen molar-refractivity contribution in [2.45, 2.75) is 13.5 Å². The number of hydrogen-bond donors (Lipinski definition) is 0. The fourth-order valence-electron chi connectivity index (χ4n) is 1.23. The molecule has 0 aliphatic carbocycles. The van der Waals surface area contributed by atoms with Gasteiger partial charge in [0.05, 0.1) is 9.08 Å². The summed E-state index contributed by atoms with van der Waals surface area (Å²) in [4.78, 5) is 0. The Kier molecular flexibility index (Phi) is 5.96. The fourth-order valence-corrected chi connectivity index (χ4v) is 3.90. The van der Waals surface area contributed by atoms with Crippen molar-refractivity contribution in [3.8, 4) is 0 Å². The van der Waals surface area contributed by atoms with Crippen LogP contribution in [-0.2, 0) is 10.0 Å². The average Bonchev–Trinajstić information content (AvgIpc) is 2.30. The normalized spacial score (nSPS) is 11.5. The van der Waals surface area contributed by atoms with Crippen molar-refractivity contribution in [2.24, 2.45) is 0 Å². The van der Waals surface area contributed by atoms with Crippen LogP contribution in [0.3, 0.4) is 0 Å². The van der Waals surface area contributed by atoms with Crippen LogP contribution in [0.1, 0.15) is 5.56 Å². The second kappa shape index (κ2) is 6.64. The first-order valence-electron chi connectivity index (χ1n) is 4.78. The molecule has 0 spiro atoms. The molecule has 106 valence electrons. The van der Waals surface area contributed by atoms with Crippen molar-refractivity contribution in [3.63, 3.8) is 0 Å². The van der Waals surface area contributed by atoms with Crippen LogP contribution in [-0.4, -0.2) is 15.0 Å². The number of nitrogens with zero attached hydrogens (tertiary/aromatic N) is 1. The lowest BCUT2D eigenvalue weighted by Gasteiger charge is -2.23. The van der Waals surface area contributed by atoms with Gasteiger partial charge < -0.3 is 0 Å². The van der Waals surface area contributed by atoms with E-state index in [0.29, 0.717) is 0 Å². The molecule has 0 N–H and O–H groups in total. The van der Waals surface area contributed by atoms with Gasteiger partial charge in [0, 0.05) is 0 Å². The van der Waals surface area contributed by atoms with Crippen LogP contribution >= 0.6 is 47.8 Å². The lowest BCUT2D eigenvalue weighted by Crippen LogP contribution is -2.35. The topological polar surface area (TPSA) is 37.4 Å². The lowest BCUT2D eigenvalue weighted by molar-refractivity contribution is 0.162. The molecule has 0 aliphatic rings. The van der Waals surface area contributed by atoms with E-state index in [9.17, 15) is 17.2 Å². The molecule has 0 saturated heterocycles. The monoisotopic (exact) mass is 481 g/mol. The SMILES string of the molecule is Cc1ccc(N(C(F)F)S(=O)(=O)C(Br)=C(Br)Br)cc1. The Bertz CT molecular complexity index is 583. The van der Waals surface area contributed by atoms with Gasteiger partial charge in [0.2, 0.25) is 0 Å². The number of sulfonamides is 1. The maximum Gasteiger partial charge on any atom is 0.328 e. The minimum absolute atomic E-state index is 0.0257. The van der Waals surface area contributed by atoms with Crippen LogP contribution < -0.4 is 4.31 Å². The molecule has 1 aromatic carbocycles. The average molecular weight is 484 g/mol. The van der Waals surface area contributed by atoms with Crippen molar-refractivity contribution in [3.05, 3.63) is 37.0 Å². The highest BCUT2D eigenvalue weighted by atomic mass is 79.9. The smallest absolute Gasteiger partial charge is 0.206 e. The number of hydrogen-bond acceptors (Lipinski definition) is 2. The Morgan fingerprint density at radius 1 is 1.16 bits per heavy atom.